The van der Waals surface area contributed by atoms with Crippen molar-refractivity contribution in [2.45, 2.75) is 52.2 Å². The molecule has 36 heavy (non-hydrogen) atoms. The number of amides is 2. The molecule has 12 heteroatoms. The highest BCUT2D eigenvalue weighted by atomic mass is 35.5. The van der Waals surface area contributed by atoms with E-state index in [1.807, 2.05) is 13.8 Å². The van der Waals surface area contributed by atoms with E-state index < -0.39 is 28.5 Å². The molecule has 2 atom stereocenters. The van der Waals surface area contributed by atoms with Crippen molar-refractivity contribution < 1.29 is 18.0 Å². The van der Waals surface area contributed by atoms with Crippen molar-refractivity contribution in [2.75, 3.05) is 17.1 Å². The molecule has 0 aliphatic carbocycles. The molecule has 2 aromatic rings. The minimum absolute atomic E-state index is 0.0345. The fourth-order valence-electron chi connectivity index (χ4n) is 3.47. The number of nitrogens with zero attached hydrogens (tertiary/aromatic N) is 2. The van der Waals surface area contributed by atoms with Crippen LogP contribution >= 0.6 is 46.4 Å². The van der Waals surface area contributed by atoms with Crippen LogP contribution < -0.4 is 9.62 Å². The summed E-state index contributed by atoms with van der Waals surface area (Å²) in [4.78, 5) is 28.2. The SMILES string of the molecule is CC[C@@H](C)NC(=O)[C@@H](CC)N(Cc1ccc(Cl)cc1Cl)C(=O)CN(c1ccc(Cl)cc1Cl)S(C)(=O)=O. The maximum atomic E-state index is 13.7. The van der Waals surface area contributed by atoms with E-state index in [0.29, 0.717) is 33.5 Å². The third-order valence-corrected chi connectivity index (χ3v) is 7.85. The average molecular weight is 597 g/mol. The van der Waals surface area contributed by atoms with Crippen molar-refractivity contribution in [1.29, 1.82) is 0 Å². The number of hydrogen-bond acceptors (Lipinski definition) is 4. The van der Waals surface area contributed by atoms with Crippen LogP contribution in [0.4, 0.5) is 5.69 Å². The molecule has 0 fully saturated rings. The van der Waals surface area contributed by atoms with Crippen LogP contribution in [-0.2, 0) is 26.2 Å². The molecule has 2 rings (SSSR count). The average Bonchev–Trinajstić information content (AvgIpc) is 2.78. The van der Waals surface area contributed by atoms with E-state index in [-0.39, 0.29) is 29.2 Å². The number of nitrogens with one attached hydrogen (secondary N) is 1. The van der Waals surface area contributed by atoms with Crippen LogP contribution in [0, 0.1) is 0 Å². The smallest absolute Gasteiger partial charge is 0.244 e. The van der Waals surface area contributed by atoms with Gasteiger partial charge >= 0.3 is 0 Å². The normalized spacial score (nSPS) is 13.1. The summed E-state index contributed by atoms with van der Waals surface area (Å²) in [5, 5.41) is 4.02. The van der Waals surface area contributed by atoms with Gasteiger partial charge in [-0.2, -0.15) is 0 Å². The molecule has 0 bridgehead atoms. The largest absolute Gasteiger partial charge is 0.352 e. The van der Waals surface area contributed by atoms with Gasteiger partial charge in [0.05, 0.1) is 17.0 Å². The topological polar surface area (TPSA) is 86.8 Å². The van der Waals surface area contributed by atoms with Gasteiger partial charge in [-0.3, -0.25) is 13.9 Å². The second kappa shape index (κ2) is 13.2. The molecule has 0 aromatic heterocycles. The van der Waals surface area contributed by atoms with Crippen LogP contribution in [0.2, 0.25) is 20.1 Å². The molecule has 0 heterocycles. The summed E-state index contributed by atoms with van der Waals surface area (Å²) in [6.07, 6.45) is 1.97. The molecule has 0 aliphatic rings. The highest BCUT2D eigenvalue weighted by molar-refractivity contribution is 7.92. The summed E-state index contributed by atoms with van der Waals surface area (Å²) >= 11 is 24.6. The van der Waals surface area contributed by atoms with Crippen LogP contribution in [0.25, 0.3) is 0 Å². The Hall–Kier alpha value is -1.71. The lowest BCUT2D eigenvalue weighted by atomic mass is 10.1. The van der Waals surface area contributed by atoms with Gasteiger partial charge in [0.15, 0.2) is 0 Å². The molecule has 0 radical (unpaired) electrons. The van der Waals surface area contributed by atoms with Crippen molar-refractivity contribution in [3.63, 3.8) is 0 Å². The number of benzene rings is 2. The lowest BCUT2D eigenvalue weighted by Gasteiger charge is -2.33. The van der Waals surface area contributed by atoms with Gasteiger partial charge in [-0.15, -0.1) is 0 Å². The van der Waals surface area contributed by atoms with Crippen molar-refractivity contribution in [2.24, 2.45) is 0 Å². The summed E-state index contributed by atoms with van der Waals surface area (Å²) in [5.41, 5.74) is 0.651. The first-order valence-corrected chi connectivity index (χ1v) is 14.6. The zero-order chi connectivity index (χ0) is 27.2. The van der Waals surface area contributed by atoms with Crippen LogP contribution in [-0.4, -0.2) is 50.0 Å². The molecule has 0 saturated carbocycles. The first-order valence-electron chi connectivity index (χ1n) is 11.2. The second-order valence-electron chi connectivity index (χ2n) is 8.36. The maximum Gasteiger partial charge on any atom is 0.244 e. The van der Waals surface area contributed by atoms with Crippen LogP contribution in [0.3, 0.4) is 0 Å². The number of halogens is 4. The lowest BCUT2D eigenvalue weighted by Crippen LogP contribution is -2.53. The lowest BCUT2D eigenvalue weighted by molar-refractivity contribution is -0.140. The molecular weight excluding hydrogens is 568 g/mol. The van der Waals surface area contributed by atoms with E-state index in [9.17, 15) is 18.0 Å². The highest BCUT2D eigenvalue weighted by Crippen LogP contribution is 2.31. The fourth-order valence-corrected chi connectivity index (χ4v) is 5.36. The number of sulfonamides is 1. The first-order chi connectivity index (χ1) is 16.8. The van der Waals surface area contributed by atoms with Gasteiger partial charge in [0.2, 0.25) is 21.8 Å². The van der Waals surface area contributed by atoms with Crippen LogP contribution in [0.15, 0.2) is 36.4 Å². The minimum atomic E-state index is -3.93. The standard InChI is InChI=1S/C24H29Cl4N3O4S/c1-5-15(3)29-24(33)21(6-2)30(13-16-7-8-17(25)11-19(16)27)23(32)14-31(36(4,34)35)22-10-9-18(26)12-20(22)28/h7-12,15,21H,5-6,13-14H2,1-4H3,(H,29,33)/t15-,21-/m1/s1. The van der Waals surface area contributed by atoms with Gasteiger partial charge in [0.25, 0.3) is 0 Å². The van der Waals surface area contributed by atoms with Gasteiger partial charge in [0, 0.05) is 27.7 Å². The van der Waals surface area contributed by atoms with Gasteiger partial charge in [-0.05, 0) is 55.7 Å². The van der Waals surface area contributed by atoms with Gasteiger partial charge in [-0.1, -0.05) is 66.3 Å². The highest BCUT2D eigenvalue weighted by Gasteiger charge is 2.33. The molecule has 198 valence electrons. The predicted molar refractivity (Wildman–Crippen MR) is 148 cm³/mol. The molecule has 0 saturated heterocycles. The first kappa shape index (κ1) is 30.5. The van der Waals surface area contributed by atoms with Gasteiger partial charge in [-0.25, -0.2) is 8.42 Å². The Balaban J connectivity index is 2.51. The zero-order valence-electron chi connectivity index (χ0n) is 20.4. The van der Waals surface area contributed by atoms with E-state index in [1.165, 1.54) is 29.2 Å². The van der Waals surface area contributed by atoms with Gasteiger partial charge in [0.1, 0.15) is 12.6 Å². The summed E-state index contributed by atoms with van der Waals surface area (Å²) in [5.74, 6) is -0.954. The quantitative estimate of drug-likeness (QED) is 0.356. The van der Waals surface area contributed by atoms with E-state index in [2.05, 4.69) is 5.32 Å². The fraction of sp³-hybridized carbons (Fsp3) is 0.417. The Labute approximate surface area is 232 Å². The van der Waals surface area contributed by atoms with Crippen molar-refractivity contribution in [3.8, 4) is 0 Å². The van der Waals surface area contributed by atoms with Crippen LogP contribution in [0.1, 0.15) is 39.2 Å². The second-order valence-corrected chi connectivity index (χ2v) is 12.0. The maximum absolute atomic E-state index is 13.7. The molecule has 0 aliphatic heterocycles. The van der Waals surface area contributed by atoms with Crippen LogP contribution in [0.5, 0.6) is 0 Å². The number of carbonyl (C=O) groups is 2. The Morgan fingerprint density at radius 1 is 0.944 bits per heavy atom. The number of hydrogen-bond donors (Lipinski definition) is 1. The Kier molecular flexibility index (Phi) is 11.2. The van der Waals surface area contributed by atoms with Crippen molar-refractivity contribution in [1.82, 2.24) is 10.2 Å². The third kappa shape index (κ3) is 8.15. The van der Waals surface area contributed by atoms with Crippen molar-refractivity contribution >= 4 is 73.9 Å². The summed E-state index contributed by atoms with van der Waals surface area (Å²) in [6.45, 7) is 4.95. The monoisotopic (exact) mass is 595 g/mol. The molecule has 1 N–H and O–H groups in total. The summed E-state index contributed by atoms with van der Waals surface area (Å²) in [7, 11) is -3.93. The van der Waals surface area contributed by atoms with Gasteiger partial charge < -0.3 is 10.2 Å². The summed E-state index contributed by atoms with van der Waals surface area (Å²) < 4.78 is 26.3. The zero-order valence-corrected chi connectivity index (χ0v) is 24.2. The molecule has 2 aromatic carbocycles. The van der Waals surface area contributed by atoms with E-state index in [4.69, 9.17) is 46.4 Å². The molecule has 0 spiro atoms. The predicted octanol–water partition coefficient (Wildman–Crippen LogP) is 5.79. The number of rotatable bonds is 11. The molecule has 0 unspecified atom stereocenters. The number of anilines is 1. The third-order valence-electron chi connectivity index (χ3n) is 5.60. The Bertz CT molecular complexity index is 1210. The minimum Gasteiger partial charge on any atom is -0.352 e. The molecule has 2 amide bonds. The Morgan fingerprint density at radius 3 is 2.03 bits per heavy atom. The van der Waals surface area contributed by atoms with E-state index >= 15 is 0 Å². The summed E-state index contributed by atoms with van der Waals surface area (Å²) in [6, 6.07) is 8.13. The van der Waals surface area contributed by atoms with E-state index in [0.717, 1.165) is 10.6 Å². The Morgan fingerprint density at radius 2 is 1.53 bits per heavy atom. The van der Waals surface area contributed by atoms with Crippen molar-refractivity contribution in [3.05, 3.63) is 62.1 Å². The van der Waals surface area contributed by atoms with E-state index in [1.54, 1.807) is 19.1 Å². The molecule has 7 nitrogen and oxygen atoms in total. The molecular formula is C24H29Cl4N3O4S. The number of carbonyl (C=O) groups excluding carboxylic acids is 2.